The summed E-state index contributed by atoms with van der Waals surface area (Å²) < 4.78 is 0. The van der Waals surface area contributed by atoms with Gasteiger partial charge in [-0.05, 0) is 40.3 Å². The van der Waals surface area contributed by atoms with Crippen molar-refractivity contribution in [3.05, 3.63) is 35.4 Å². The molecule has 1 unspecified atom stereocenters. The summed E-state index contributed by atoms with van der Waals surface area (Å²) in [4.78, 5) is 12.0. The quantitative estimate of drug-likeness (QED) is 0.838. The first-order valence-electron chi connectivity index (χ1n) is 5.93. The molecule has 3 nitrogen and oxygen atoms in total. The fourth-order valence-electron chi connectivity index (χ4n) is 1.43. The van der Waals surface area contributed by atoms with E-state index in [1.165, 1.54) is 5.56 Å². The van der Waals surface area contributed by atoms with Crippen LogP contribution in [0.4, 0.5) is 0 Å². The zero-order valence-corrected chi connectivity index (χ0v) is 11.3. The fraction of sp³-hybridized carbons (Fsp3) is 0.500. The largest absolute Gasteiger partial charge is 0.348 e. The van der Waals surface area contributed by atoms with E-state index in [-0.39, 0.29) is 11.9 Å². The molecule has 0 radical (unpaired) electrons. The summed E-state index contributed by atoms with van der Waals surface area (Å²) in [5, 5.41) is 6.00. The van der Waals surface area contributed by atoms with E-state index in [1.807, 2.05) is 32.9 Å². The van der Waals surface area contributed by atoms with Gasteiger partial charge in [0.1, 0.15) is 0 Å². The minimum Gasteiger partial charge on any atom is -0.348 e. The molecule has 0 spiro atoms. The second-order valence-corrected chi connectivity index (χ2v) is 4.98. The molecule has 2 N–H and O–H groups in total. The van der Waals surface area contributed by atoms with E-state index in [0.29, 0.717) is 0 Å². The van der Waals surface area contributed by atoms with Crippen molar-refractivity contribution in [2.24, 2.45) is 0 Å². The summed E-state index contributed by atoms with van der Waals surface area (Å²) in [5.41, 5.74) is 1.80. The lowest BCUT2D eigenvalue weighted by molar-refractivity contribution is -0.126. The van der Waals surface area contributed by atoms with E-state index >= 15 is 0 Å². The summed E-state index contributed by atoms with van der Waals surface area (Å²) in [6, 6.07) is 8.23. The zero-order chi connectivity index (χ0) is 13.1. The first-order valence-corrected chi connectivity index (χ1v) is 5.93. The van der Waals surface area contributed by atoms with Crippen molar-refractivity contribution >= 4 is 5.91 Å². The molecular formula is C14H22N2O. The Morgan fingerprint density at radius 2 is 1.76 bits per heavy atom. The number of likely N-dealkylation sites (N-methyl/N-ethyl adjacent to an activating group) is 1. The molecule has 1 aromatic rings. The Bertz CT molecular complexity index is 382. The van der Waals surface area contributed by atoms with Crippen LogP contribution < -0.4 is 10.6 Å². The Balaban J connectivity index is 2.70. The summed E-state index contributed by atoms with van der Waals surface area (Å²) in [7, 11) is 1.79. The number of amides is 1. The molecule has 0 saturated carbocycles. The smallest absolute Gasteiger partial charge is 0.240 e. The summed E-state index contributed by atoms with van der Waals surface area (Å²) >= 11 is 0. The number of carbonyl (C=O) groups excluding carboxylic acids is 1. The Morgan fingerprint density at radius 3 is 2.24 bits per heavy atom. The average Bonchev–Trinajstić information content (AvgIpc) is 2.29. The van der Waals surface area contributed by atoms with Crippen LogP contribution >= 0.6 is 0 Å². The molecule has 0 saturated heterocycles. The molecule has 3 heteroatoms. The lowest BCUT2D eigenvalue weighted by atomic mass is 10.0. The van der Waals surface area contributed by atoms with Gasteiger partial charge in [0, 0.05) is 0 Å². The molecule has 17 heavy (non-hydrogen) atoms. The van der Waals surface area contributed by atoms with Gasteiger partial charge in [-0.2, -0.15) is 0 Å². The van der Waals surface area contributed by atoms with Gasteiger partial charge < -0.3 is 10.6 Å². The van der Waals surface area contributed by atoms with Gasteiger partial charge in [-0.3, -0.25) is 4.79 Å². The van der Waals surface area contributed by atoms with Crippen molar-refractivity contribution in [3.63, 3.8) is 0 Å². The van der Waals surface area contributed by atoms with Gasteiger partial charge in [0.05, 0.1) is 11.6 Å². The topological polar surface area (TPSA) is 41.1 Å². The van der Waals surface area contributed by atoms with Gasteiger partial charge >= 0.3 is 0 Å². The third-order valence-corrected chi connectivity index (χ3v) is 3.12. The van der Waals surface area contributed by atoms with Crippen molar-refractivity contribution in [2.45, 2.75) is 39.3 Å². The van der Waals surface area contributed by atoms with Gasteiger partial charge in [0.25, 0.3) is 0 Å². The van der Waals surface area contributed by atoms with E-state index < -0.39 is 5.54 Å². The summed E-state index contributed by atoms with van der Waals surface area (Å²) in [6.45, 7) is 7.78. The van der Waals surface area contributed by atoms with Gasteiger partial charge in [-0.1, -0.05) is 29.8 Å². The molecule has 0 aliphatic carbocycles. The van der Waals surface area contributed by atoms with Gasteiger partial charge in [0.15, 0.2) is 0 Å². The molecule has 0 heterocycles. The van der Waals surface area contributed by atoms with Crippen LogP contribution in [0.25, 0.3) is 0 Å². The second-order valence-electron chi connectivity index (χ2n) is 4.98. The van der Waals surface area contributed by atoms with Crippen molar-refractivity contribution < 1.29 is 4.79 Å². The number of benzene rings is 1. The maximum atomic E-state index is 12.0. The first kappa shape index (κ1) is 13.7. The molecule has 1 rings (SSSR count). The van der Waals surface area contributed by atoms with E-state index in [2.05, 4.69) is 29.7 Å². The third-order valence-electron chi connectivity index (χ3n) is 3.12. The molecule has 0 fully saturated rings. The van der Waals surface area contributed by atoms with Crippen LogP contribution in [0, 0.1) is 6.92 Å². The predicted molar refractivity (Wildman–Crippen MR) is 70.9 cm³/mol. The highest BCUT2D eigenvalue weighted by Gasteiger charge is 2.26. The van der Waals surface area contributed by atoms with Crippen molar-refractivity contribution in [3.8, 4) is 0 Å². The molecular weight excluding hydrogens is 212 g/mol. The van der Waals surface area contributed by atoms with Crippen LogP contribution in [0.3, 0.4) is 0 Å². The highest BCUT2D eigenvalue weighted by Crippen LogP contribution is 2.14. The minimum atomic E-state index is -0.543. The molecule has 94 valence electrons. The molecule has 0 aliphatic heterocycles. The molecule has 0 aliphatic rings. The maximum Gasteiger partial charge on any atom is 0.240 e. The minimum absolute atomic E-state index is 0.00748. The Kier molecular flexibility index (Phi) is 4.29. The summed E-state index contributed by atoms with van der Waals surface area (Å²) in [5.74, 6) is 0.00748. The second kappa shape index (κ2) is 5.32. The third kappa shape index (κ3) is 3.56. The van der Waals surface area contributed by atoms with Crippen LogP contribution in [-0.2, 0) is 4.79 Å². The van der Waals surface area contributed by atoms with Crippen LogP contribution in [-0.4, -0.2) is 18.5 Å². The lowest BCUT2D eigenvalue weighted by Crippen LogP contribution is -2.51. The number of aryl methyl sites for hydroxylation is 1. The average molecular weight is 234 g/mol. The van der Waals surface area contributed by atoms with Crippen LogP contribution in [0.5, 0.6) is 0 Å². The van der Waals surface area contributed by atoms with Crippen molar-refractivity contribution in [1.82, 2.24) is 10.6 Å². The standard InChI is InChI=1S/C14H22N2O/c1-10-6-8-12(9-7-10)11(2)16-13(17)14(3,4)15-5/h6-9,11,15H,1-5H3,(H,16,17). The van der Waals surface area contributed by atoms with Crippen molar-refractivity contribution in [1.29, 1.82) is 0 Å². The molecule has 0 bridgehead atoms. The van der Waals surface area contributed by atoms with E-state index in [9.17, 15) is 4.79 Å². The Labute approximate surface area is 104 Å². The lowest BCUT2D eigenvalue weighted by Gasteiger charge is -2.25. The number of rotatable bonds is 4. The van der Waals surface area contributed by atoms with Crippen LogP contribution in [0.1, 0.15) is 37.9 Å². The van der Waals surface area contributed by atoms with Gasteiger partial charge in [0.2, 0.25) is 5.91 Å². The monoisotopic (exact) mass is 234 g/mol. The Morgan fingerprint density at radius 1 is 1.24 bits per heavy atom. The van der Waals surface area contributed by atoms with E-state index in [4.69, 9.17) is 0 Å². The number of hydrogen-bond acceptors (Lipinski definition) is 2. The Hall–Kier alpha value is -1.35. The van der Waals surface area contributed by atoms with Crippen molar-refractivity contribution in [2.75, 3.05) is 7.05 Å². The van der Waals surface area contributed by atoms with E-state index in [1.54, 1.807) is 7.05 Å². The number of nitrogens with one attached hydrogen (secondary N) is 2. The number of carbonyl (C=O) groups is 1. The SMILES string of the molecule is CNC(C)(C)C(=O)NC(C)c1ccc(C)cc1. The zero-order valence-electron chi connectivity index (χ0n) is 11.3. The van der Waals surface area contributed by atoms with Crippen LogP contribution in [0.2, 0.25) is 0 Å². The predicted octanol–water partition coefficient (Wildman–Crippen LogP) is 2.17. The molecule has 1 aromatic carbocycles. The normalized spacial score (nSPS) is 13.2. The molecule has 0 aromatic heterocycles. The summed E-state index contributed by atoms with van der Waals surface area (Å²) in [6.07, 6.45) is 0. The fourth-order valence-corrected chi connectivity index (χ4v) is 1.43. The highest BCUT2D eigenvalue weighted by atomic mass is 16.2. The van der Waals surface area contributed by atoms with E-state index in [0.717, 1.165) is 5.56 Å². The van der Waals surface area contributed by atoms with Crippen LogP contribution in [0.15, 0.2) is 24.3 Å². The number of hydrogen-bond donors (Lipinski definition) is 2. The maximum absolute atomic E-state index is 12.0. The van der Waals surface area contributed by atoms with Gasteiger partial charge in [-0.15, -0.1) is 0 Å². The molecule has 1 amide bonds. The first-order chi connectivity index (χ1) is 7.86. The van der Waals surface area contributed by atoms with Gasteiger partial charge in [-0.25, -0.2) is 0 Å². The molecule has 1 atom stereocenters. The highest BCUT2D eigenvalue weighted by molar-refractivity contribution is 5.85.